The molecule has 0 bridgehead atoms. The molecule has 1 aromatic heterocycles. The number of rotatable bonds is 6. The molecule has 0 fully saturated rings. The maximum Gasteiger partial charge on any atom is 0.255 e. The van der Waals surface area contributed by atoms with E-state index in [1.165, 1.54) is 14.2 Å². The average molecular weight is 457 g/mol. The van der Waals surface area contributed by atoms with E-state index in [1.54, 1.807) is 30.3 Å². The predicted molar refractivity (Wildman–Crippen MR) is 121 cm³/mol. The molecule has 0 aliphatic carbocycles. The number of carbonyl (C=O) groups excluding carboxylic acids is 1. The number of hydrogen-bond donors (Lipinski definition) is 1. The molecule has 4 aromatic rings. The predicted octanol–water partition coefficient (Wildman–Crippen LogP) is 5.99. The Morgan fingerprint density at radius 2 is 1.68 bits per heavy atom. The lowest BCUT2D eigenvalue weighted by molar-refractivity contribution is 0.102. The van der Waals surface area contributed by atoms with Crippen LogP contribution >= 0.6 is 23.2 Å². The number of hydrogen-bond acceptors (Lipinski definition) is 5. The first-order valence-corrected chi connectivity index (χ1v) is 10.1. The second-order valence-electron chi connectivity index (χ2n) is 6.77. The van der Waals surface area contributed by atoms with Gasteiger partial charge < -0.3 is 19.2 Å². The first-order chi connectivity index (χ1) is 14.9. The van der Waals surface area contributed by atoms with Gasteiger partial charge in [0, 0.05) is 28.8 Å². The minimum atomic E-state index is -0.268. The summed E-state index contributed by atoms with van der Waals surface area (Å²) in [5, 5.41) is 3.80. The number of ether oxygens (including phenoxy) is 2. The minimum Gasteiger partial charge on any atom is -0.497 e. The van der Waals surface area contributed by atoms with Crippen LogP contribution in [0.1, 0.15) is 21.8 Å². The molecule has 0 aliphatic rings. The Labute approximate surface area is 188 Å². The smallest absolute Gasteiger partial charge is 0.255 e. The Morgan fingerprint density at radius 1 is 1.00 bits per heavy atom. The highest BCUT2D eigenvalue weighted by atomic mass is 35.5. The summed E-state index contributed by atoms with van der Waals surface area (Å²) in [6.45, 7) is 0. The largest absolute Gasteiger partial charge is 0.497 e. The number of nitrogens with one attached hydrogen (secondary N) is 1. The molecule has 1 N–H and O–H groups in total. The summed E-state index contributed by atoms with van der Waals surface area (Å²) in [5.74, 6) is 1.34. The van der Waals surface area contributed by atoms with Gasteiger partial charge in [-0.15, -0.1) is 0 Å². The van der Waals surface area contributed by atoms with E-state index in [4.69, 9.17) is 37.1 Å². The lowest BCUT2D eigenvalue weighted by Crippen LogP contribution is -2.12. The molecule has 158 valence electrons. The van der Waals surface area contributed by atoms with Crippen molar-refractivity contribution >= 4 is 45.9 Å². The normalized spacial score (nSPS) is 10.8. The lowest BCUT2D eigenvalue weighted by atomic mass is 10.1. The highest BCUT2D eigenvalue weighted by Crippen LogP contribution is 2.29. The number of oxazole rings is 1. The van der Waals surface area contributed by atoms with Gasteiger partial charge in [-0.25, -0.2) is 4.98 Å². The van der Waals surface area contributed by atoms with Crippen molar-refractivity contribution in [3.8, 4) is 11.5 Å². The van der Waals surface area contributed by atoms with Crippen LogP contribution in [0, 0.1) is 0 Å². The number of methoxy groups -OCH3 is 2. The van der Waals surface area contributed by atoms with Crippen LogP contribution in [0.3, 0.4) is 0 Å². The van der Waals surface area contributed by atoms with Crippen LogP contribution in [0.25, 0.3) is 11.1 Å². The molecule has 6 nitrogen and oxygen atoms in total. The van der Waals surface area contributed by atoms with E-state index in [1.807, 2.05) is 24.3 Å². The molecule has 8 heteroatoms. The number of carbonyl (C=O) groups is 1. The van der Waals surface area contributed by atoms with Crippen molar-refractivity contribution in [1.82, 2.24) is 4.98 Å². The van der Waals surface area contributed by atoms with Crippen molar-refractivity contribution in [2.24, 2.45) is 0 Å². The third-order valence-electron chi connectivity index (χ3n) is 4.63. The maximum absolute atomic E-state index is 12.6. The number of fused-ring (bicyclic) bond motifs is 1. The van der Waals surface area contributed by atoms with Gasteiger partial charge in [-0.2, -0.15) is 0 Å². The molecule has 3 aromatic carbocycles. The van der Waals surface area contributed by atoms with E-state index in [0.717, 1.165) is 5.56 Å². The molecule has 1 heterocycles. The first kappa shape index (κ1) is 21.0. The fourth-order valence-electron chi connectivity index (χ4n) is 3.10. The van der Waals surface area contributed by atoms with Gasteiger partial charge in [0.1, 0.15) is 17.0 Å². The zero-order valence-electron chi connectivity index (χ0n) is 16.7. The quantitative estimate of drug-likeness (QED) is 0.385. The third kappa shape index (κ3) is 4.76. The van der Waals surface area contributed by atoms with Crippen LogP contribution in [0.2, 0.25) is 10.0 Å². The molecule has 0 aliphatic heterocycles. The molecule has 31 heavy (non-hydrogen) atoms. The van der Waals surface area contributed by atoms with Crippen LogP contribution in [-0.4, -0.2) is 25.1 Å². The fourth-order valence-corrected chi connectivity index (χ4v) is 3.63. The zero-order valence-corrected chi connectivity index (χ0v) is 18.3. The van der Waals surface area contributed by atoms with Crippen molar-refractivity contribution < 1.29 is 18.7 Å². The molecule has 0 unspecified atom stereocenters. The SMILES string of the molecule is COc1cc(OC)cc(C(=O)Nc2ccc(Cc3nc4cc(Cl)cc(Cl)c4o3)cc2)c1. The molecule has 0 saturated carbocycles. The van der Waals surface area contributed by atoms with E-state index in [9.17, 15) is 4.79 Å². The molecular formula is C23H18Cl2N2O4. The Balaban J connectivity index is 1.47. The highest BCUT2D eigenvalue weighted by molar-refractivity contribution is 6.37. The monoisotopic (exact) mass is 456 g/mol. The second kappa shape index (κ2) is 8.88. The Bertz CT molecular complexity index is 1230. The maximum atomic E-state index is 12.6. The van der Waals surface area contributed by atoms with Crippen molar-refractivity contribution in [2.45, 2.75) is 6.42 Å². The van der Waals surface area contributed by atoms with Gasteiger partial charge in [0.15, 0.2) is 11.5 Å². The number of nitrogens with zero attached hydrogens (tertiary/aromatic N) is 1. The molecule has 0 saturated heterocycles. The van der Waals surface area contributed by atoms with Crippen LogP contribution in [0.5, 0.6) is 11.5 Å². The average Bonchev–Trinajstić information content (AvgIpc) is 3.17. The summed E-state index contributed by atoms with van der Waals surface area (Å²) in [7, 11) is 3.07. The van der Waals surface area contributed by atoms with Crippen LogP contribution in [0.4, 0.5) is 5.69 Å². The van der Waals surface area contributed by atoms with Gasteiger partial charge in [0.05, 0.1) is 19.2 Å². The standard InChI is InChI=1S/C23H18Cl2N2O4/c1-29-17-8-14(9-18(12-17)30-2)23(28)26-16-5-3-13(4-6-16)7-21-27-20-11-15(24)10-19(25)22(20)31-21/h3-6,8-12H,7H2,1-2H3,(H,26,28). The van der Waals surface area contributed by atoms with Crippen LogP contribution < -0.4 is 14.8 Å². The Morgan fingerprint density at radius 3 is 2.32 bits per heavy atom. The van der Waals surface area contributed by atoms with E-state index in [0.29, 0.717) is 56.2 Å². The summed E-state index contributed by atoms with van der Waals surface area (Å²) in [4.78, 5) is 17.1. The summed E-state index contributed by atoms with van der Waals surface area (Å²) < 4.78 is 16.2. The number of anilines is 1. The third-order valence-corrected chi connectivity index (χ3v) is 5.13. The van der Waals surface area contributed by atoms with E-state index >= 15 is 0 Å². The second-order valence-corrected chi connectivity index (χ2v) is 7.62. The van der Waals surface area contributed by atoms with Crippen LogP contribution in [-0.2, 0) is 6.42 Å². The number of aromatic nitrogens is 1. The van der Waals surface area contributed by atoms with Gasteiger partial charge >= 0.3 is 0 Å². The minimum absolute atomic E-state index is 0.268. The summed E-state index contributed by atoms with van der Waals surface area (Å²) in [6, 6.07) is 15.8. The first-order valence-electron chi connectivity index (χ1n) is 9.33. The van der Waals surface area contributed by atoms with E-state index < -0.39 is 0 Å². The van der Waals surface area contributed by atoms with Gasteiger partial charge in [-0.3, -0.25) is 4.79 Å². The molecule has 0 atom stereocenters. The number of amides is 1. The van der Waals surface area contributed by atoms with Crippen LogP contribution in [0.15, 0.2) is 59.0 Å². The topological polar surface area (TPSA) is 73.6 Å². The van der Waals surface area contributed by atoms with Gasteiger partial charge in [0.25, 0.3) is 5.91 Å². The molecule has 0 radical (unpaired) electrons. The molecular weight excluding hydrogens is 439 g/mol. The summed E-state index contributed by atoms with van der Waals surface area (Å²) in [6.07, 6.45) is 0.476. The Hall–Kier alpha value is -3.22. The highest BCUT2D eigenvalue weighted by Gasteiger charge is 2.13. The van der Waals surface area contributed by atoms with Crippen molar-refractivity contribution in [3.05, 3.63) is 81.7 Å². The van der Waals surface area contributed by atoms with Crippen molar-refractivity contribution in [3.63, 3.8) is 0 Å². The van der Waals surface area contributed by atoms with E-state index in [2.05, 4.69) is 10.3 Å². The van der Waals surface area contributed by atoms with Gasteiger partial charge in [-0.1, -0.05) is 35.3 Å². The molecule has 0 spiro atoms. The van der Waals surface area contributed by atoms with Gasteiger partial charge in [-0.05, 0) is 42.0 Å². The van der Waals surface area contributed by atoms with Crippen molar-refractivity contribution in [1.29, 1.82) is 0 Å². The summed E-state index contributed by atoms with van der Waals surface area (Å²) >= 11 is 12.2. The Kier molecular flexibility index (Phi) is 6.02. The zero-order chi connectivity index (χ0) is 22.0. The van der Waals surface area contributed by atoms with Crippen molar-refractivity contribution in [2.75, 3.05) is 19.5 Å². The number of halogens is 2. The molecule has 4 rings (SSSR count). The summed E-state index contributed by atoms with van der Waals surface area (Å²) in [5.41, 5.74) is 3.18. The fraction of sp³-hybridized carbons (Fsp3) is 0.130. The lowest BCUT2D eigenvalue weighted by Gasteiger charge is -2.09. The van der Waals surface area contributed by atoms with E-state index in [-0.39, 0.29) is 5.91 Å². The molecule has 1 amide bonds. The number of benzene rings is 3. The van der Waals surface area contributed by atoms with Gasteiger partial charge in [0.2, 0.25) is 0 Å².